The summed E-state index contributed by atoms with van der Waals surface area (Å²) >= 11 is 0. The Balaban J connectivity index is 2.78. The SMILES string of the molecule is CCn1cc(S(=O)(=O)Cl)cc1C(=O)NCCC(C)S(C)=O. The highest BCUT2D eigenvalue weighted by Crippen LogP contribution is 2.18. The molecular formula is C12H19ClN2O4S2. The zero-order valence-electron chi connectivity index (χ0n) is 12.1. The molecule has 2 atom stereocenters. The number of aromatic nitrogens is 1. The fraction of sp³-hybridized carbons (Fsp3) is 0.583. The fourth-order valence-electron chi connectivity index (χ4n) is 1.71. The molecule has 1 amide bonds. The van der Waals surface area contributed by atoms with Gasteiger partial charge >= 0.3 is 0 Å². The predicted octanol–water partition coefficient (Wildman–Crippen LogP) is 1.32. The predicted molar refractivity (Wildman–Crippen MR) is 83.6 cm³/mol. The van der Waals surface area contributed by atoms with Gasteiger partial charge < -0.3 is 9.88 Å². The first-order valence-corrected chi connectivity index (χ1v) is 10.3. The summed E-state index contributed by atoms with van der Waals surface area (Å²) in [5.41, 5.74) is 0.238. The van der Waals surface area contributed by atoms with Gasteiger partial charge in [-0.3, -0.25) is 9.00 Å². The lowest BCUT2D eigenvalue weighted by molar-refractivity contribution is 0.0944. The van der Waals surface area contributed by atoms with Crippen molar-refractivity contribution in [3.05, 3.63) is 18.0 Å². The molecule has 6 nitrogen and oxygen atoms in total. The molecule has 0 aliphatic rings. The van der Waals surface area contributed by atoms with Crippen LogP contribution in [0.2, 0.25) is 0 Å². The molecule has 1 heterocycles. The van der Waals surface area contributed by atoms with Crippen molar-refractivity contribution in [2.45, 2.75) is 37.0 Å². The third-order valence-electron chi connectivity index (χ3n) is 3.13. The molecule has 0 aliphatic carbocycles. The minimum atomic E-state index is -3.86. The molecule has 0 saturated carbocycles. The largest absolute Gasteiger partial charge is 0.351 e. The van der Waals surface area contributed by atoms with E-state index in [0.29, 0.717) is 19.5 Å². The van der Waals surface area contributed by atoms with Crippen molar-refractivity contribution in [2.75, 3.05) is 12.8 Å². The van der Waals surface area contributed by atoms with Crippen LogP contribution in [0.3, 0.4) is 0 Å². The molecule has 0 aliphatic heterocycles. The number of aryl methyl sites for hydroxylation is 1. The number of nitrogens with zero attached hydrogens (tertiary/aromatic N) is 1. The summed E-state index contributed by atoms with van der Waals surface area (Å²) in [6.45, 7) is 4.46. The average Bonchev–Trinajstić information content (AvgIpc) is 2.82. The quantitative estimate of drug-likeness (QED) is 0.748. The zero-order valence-corrected chi connectivity index (χ0v) is 14.5. The van der Waals surface area contributed by atoms with Crippen LogP contribution in [-0.4, -0.2) is 41.2 Å². The van der Waals surface area contributed by atoms with Crippen LogP contribution in [0.25, 0.3) is 0 Å². The van der Waals surface area contributed by atoms with Gasteiger partial charge in [0.25, 0.3) is 15.0 Å². The second kappa shape index (κ2) is 7.42. The summed E-state index contributed by atoms with van der Waals surface area (Å²) in [4.78, 5) is 12.0. The van der Waals surface area contributed by atoms with Gasteiger partial charge in [-0.05, 0) is 19.4 Å². The molecule has 1 N–H and O–H groups in total. The molecule has 0 fully saturated rings. The molecule has 0 saturated heterocycles. The summed E-state index contributed by atoms with van der Waals surface area (Å²) in [5, 5.41) is 2.68. The molecular weight excluding hydrogens is 336 g/mol. The Morgan fingerprint density at radius 2 is 2.14 bits per heavy atom. The minimum absolute atomic E-state index is 0.0120. The van der Waals surface area contributed by atoms with Crippen molar-refractivity contribution >= 4 is 36.4 Å². The zero-order chi connectivity index (χ0) is 16.2. The molecule has 0 spiro atoms. The number of hydrogen-bond donors (Lipinski definition) is 1. The van der Waals surface area contributed by atoms with E-state index in [1.54, 1.807) is 13.2 Å². The molecule has 120 valence electrons. The topological polar surface area (TPSA) is 85.2 Å². The maximum Gasteiger partial charge on any atom is 0.267 e. The third-order valence-corrected chi connectivity index (χ3v) is 5.82. The Hall–Kier alpha value is -0.860. The van der Waals surface area contributed by atoms with Crippen molar-refractivity contribution in [3.63, 3.8) is 0 Å². The minimum Gasteiger partial charge on any atom is -0.351 e. The average molecular weight is 355 g/mol. The van der Waals surface area contributed by atoms with Crippen LogP contribution in [0.15, 0.2) is 17.2 Å². The van der Waals surface area contributed by atoms with Crippen molar-refractivity contribution in [1.29, 1.82) is 0 Å². The van der Waals surface area contributed by atoms with Gasteiger partial charge in [-0.1, -0.05) is 6.92 Å². The lowest BCUT2D eigenvalue weighted by Crippen LogP contribution is -2.29. The molecule has 1 rings (SSSR count). The number of rotatable bonds is 7. The van der Waals surface area contributed by atoms with E-state index in [4.69, 9.17) is 10.7 Å². The summed E-state index contributed by atoms with van der Waals surface area (Å²) in [6.07, 6.45) is 3.54. The van der Waals surface area contributed by atoms with Crippen molar-refractivity contribution < 1.29 is 17.4 Å². The smallest absolute Gasteiger partial charge is 0.267 e. The van der Waals surface area contributed by atoms with Crippen LogP contribution in [0.1, 0.15) is 30.8 Å². The van der Waals surface area contributed by atoms with Gasteiger partial charge in [0, 0.05) is 52.3 Å². The first-order chi connectivity index (χ1) is 9.66. The number of hydrogen-bond acceptors (Lipinski definition) is 4. The van der Waals surface area contributed by atoms with Gasteiger partial charge in [0.15, 0.2) is 0 Å². The first kappa shape index (κ1) is 18.2. The van der Waals surface area contributed by atoms with Crippen LogP contribution < -0.4 is 5.32 Å². The molecule has 21 heavy (non-hydrogen) atoms. The van der Waals surface area contributed by atoms with E-state index >= 15 is 0 Å². The maximum atomic E-state index is 12.1. The Bertz CT molecular complexity index is 640. The number of carbonyl (C=O) groups is 1. The Kier molecular flexibility index (Phi) is 6.42. The maximum absolute atomic E-state index is 12.1. The highest BCUT2D eigenvalue weighted by molar-refractivity contribution is 8.13. The van der Waals surface area contributed by atoms with Crippen LogP contribution in [0, 0.1) is 0 Å². The molecule has 1 aromatic rings. The van der Waals surface area contributed by atoms with Crippen molar-refractivity contribution in [1.82, 2.24) is 9.88 Å². The lowest BCUT2D eigenvalue weighted by Gasteiger charge is -2.10. The monoisotopic (exact) mass is 354 g/mol. The molecule has 0 radical (unpaired) electrons. The first-order valence-electron chi connectivity index (χ1n) is 6.42. The number of amides is 1. The number of halogens is 1. The summed E-state index contributed by atoms with van der Waals surface area (Å²) in [7, 11) is 0.481. The van der Waals surface area contributed by atoms with E-state index in [2.05, 4.69) is 5.32 Å². The van der Waals surface area contributed by atoms with E-state index < -0.39 is 19.9 Å². The Morgan fingerprint density at radius 1 is 1.52 bits per heavy atom. The van der Waals surface area contributed by atoms with Gasteiger partial charge in [-0.25, -0.2) is 8.42 Å². The van der Waals surface area contributed by atoms with Crippen LogP contribution in [0.4, 0.5) is 0 Å². The highest BCUT2D eigenvalue weighted by atomic mass is 35.7. The van der Waals surface area contributed by atoms with Gasteiger partial charge in [-0.15, -0.1) is 0 Å². The van der Waals surface area contributed by atoms with Gasteiger partial charge in [-0.2, -0.15) is 0 Å². The van der Waals surface area contributed by atoms with Crippen molar-refractivity contribution in [2.24, 2.45) is 0 Å². The normalized spacial score (nSPS) is 14.7. The summed E-state index contributed by atoms with van der Waals surface area (Å²) in [6, 6.07) is 1.25. The van der Waals surface area contributed by atoms with E-state index in [0.717, 1.165) is 0 Å². The molecule has 2 unspecified atom stereocenters. The molecule has 0 aromatic carbocycles. The van der Waals surface area contributed by atoms with Crippen molar-refractivity contribution in [3.8, 4) is 0 Å². The van der Waals surface area contributed by atoms with E-state index in [-0.39, 0.29) is 21.7 Å². The second-order valence-corrected chi connectivity index (χ2v) is 9.01. The van der Waals surface area contributed by atoms with E-state index in [1.807, 2.05) is 6.92 Å². The van der Waals surface area contributed by atoms with Crippen LogP contribution in [0.5, 0.6) is 0 Å². The van der Waals surface area contributed by atoms with Crippen LogP contribution >= 0.6 is 10.7 Å². The van der Waals surface area contributed by atoms with Gasteiger partial charge in [0.1, 0.15) is 10.6 Å². The highest BCUT2D eigenvalue weighted by Gasteiger charge is 2.19. The molecule has 1 aromatic heterocycles. The molecule has 0 bridgehead atoms. The van der Waals surface area contributed by atoms with E-state index in [1.165, 1.54) is 16.8 Å². The number of nitrogens with one attached hydrogen (secondary N) is 1. The standard InChI is InChI=1S/C12H19ClN2O4S2/c1-4-15-8-10(21(13,18)19)7-11(15)12(16)14-6-5-9(2)20(3)17/h7-9H,4-6H2,1-3H3,(H,14,16). The second-order valence-electron chi connectivity index (χ2n) is 4.64. The van der Waals surface area contributed by atoms with Gasteiger partial charge in [0.05, 0.1) is 0 Å². The van der Waals surface area contributed by atoms with E-state index in [9.17, 15) is 17.4 Å². The summed E-state index contributed by atoms with van der Waals surface area (Å²) in [5.74, 6) is -0.377. The number of carbonyl (C=O) groups excluding carboxylic acids is 1. The lowest BCUT2D eigenvalue weighted by atomic mass is 10.3. The van der Waals surface area contributed by atoms with Gasteiger partial charge in [0.2, 0.25) is 0 Å². The molecule has 9 heteroatoms. The summed E-state index contributed by atoms with van der Waals surface area (Å²) < 4.78 is 35.3. The Morgan fingerprint density at radius 3 is 2.62 bits per heavy atom. The van der Waals surface area contributed by atoms with Crippen LogP contribution in [-0.2, 0) is 26.4 Å². The fourth-order valence-corrected chi connectivity index (χ4v) is 2.92. The Labute approximate surface area is 131 Å². The third kappa shape index (κ3) is 5.12.